The fourth-order valence-electron chi connectivity index (χ4n) is 1.15. The molecule has 0 saturated carbocycles. The minimum atomic E-state index is -1.41. The Morgan fingerprint density at radius 1 is 1.33 bits per heavy atom. The Kier molecular flexibility index (Phi) is 4.13. The Hall–Kier alpha value is -0.580. The van der Waals surface area contributed by atoms with Crippen LogP contribution in [-0.4, -0.2) is 17.1 Å². The Bertz CT molecular complexity index is 358. The fraction of sp³-hybridized carbons (Fsp3) is 0.333. The van der Waals surface area contributed by atoms with E-state index in [4.69, 9.17) is 23.2 Å². The van der Waals surface area contributed by atoms with Gasteiger partial charge in [0.1, 0.15) is 16.8 Å². The first kappa shape index (κ1) is 12.5. The molecule has 1 atom stereocenters. The minimum absolute atomic E-state index is 0.120. The van der Waals surface area contributed by atoms with Crippen LogP contribution in [0.4, 0.5) is 8.78 Å². The molecule has 1 rings (SSSR count). The van der Waals surface area contributed by atoms with Crippen molar-refractivity contribution in [2.45, 2.75) is 10.9 Å². The third kappa shape index (κ3) is 2.71. The van der Waals surface area contributed by atoms with Gasteiger partial charge in [0.2, 0.25) is 0 Å². The molecule has 0 amide bonds. The van der Waals surface area contributed by atoms with Crippen molar-refractivity contribution in [3.63, 3.8) is 0 Å². The van der Waals surface area contributed by atoms with E-state index in [1.807, 2.05) is 0 Å². The molecule has 0 aliphatic heterocycles. The first-order chi connectivity index (χ1) is 6.97. The molecule has 84 valence electrons. The molecule has 1 aromatic rings. The fourth-order valence-corrected chi connectivity index (χ4v) is 1.42. The first-order valence-electron chi connectivity index (χ1n) is 3.96. The SMILES string of the molecule is COc1c(F)cc(F)cc1C(O)C(Cl)Cl. The highest BCUT2D eigenvalue weighted by atomic mass is 35.5. The van der Waals surface area contributed by atoms with Crippen molar-refractivity contribution in [1.29, 1.82) is 0 Å². The largest absolute Gasteiger partial charge is 0.493 e. The number of aliphatic hydroxyl groups is 1. The second kappa shape index (κ2) is 4.96. The molecule has 0 spiro atoms. The van der Waals surface area contributed by atoms with E-state index in [-0.39, 0.29) is 11.3 Å². The van der Waals surface area contributed by atoms with E-state index in [1.165, 1.54) is 7.11 Å². The topological polar surface area (TPSA) is 29.5 Å². The summed E-state index contributed by atoms with van der Waals surface area (Å²) in [6.07, 6.45) is -1.41. The molecule has 0 aliphatic rings. The second-order valence-corrected chi connectivity index (χ2v) is 3.95. The van der Waals surface area contributed by atoms with Crippen molar-refractivity contribution in [1.82, 2.24) is 0 Å². The number of halogens is 4. The summed E-state index contributed by atoms with van der Waals surface area (Å²) in [5.74, 6) is -2.02. The van der Waals surface area contributed by atoms with Crippen LogP contribution in [0.3, 0.4) is 0 Å². The molecule has 0 aliphatic carbocycles. The Balaban J connectivity index is 3.26. The van der Waals surface area contributed by atoms with Crippen LogP contribution in [0.2, 0.25) is 0 Å². The predicted molar refractivity (Wildman–Crippen MR) is 53.4 cm³/mol. The van der Waals surface area contributed by atoms with E-state index in [9.17, 15) is 13.9 Å². The maximum atomic E-state index is 13.2. The van der Waals surface area contributed by atoms with Crippen LogP contribution < -0.4 is 4.74 Å². The van der Waals surface area contributed by atoms with Crippen molar-refractivity contribution in [3.05, 3.63) is 29.3 Å². The van der Waals surface area contributed by atoms with Crippen LogP contribution in [0.1, 0.15) is 11.7 Å². The minimum Gasteiger partial charge on any atom is -0.493 e. The lowest BCUT2D eigenvalue weighted by molar-refractivity contribution is 0.186. The van der Waals surface area contributed by atoms with Gasteiger partial charge in [-0.25, -0.2) is 8.78 Å². The second-order valence-electron chi connectivity index (χ2n) is 2.79. The molecule has 15 heavy (non-hydrogen) atoms. The molecule has 1 unspecified atom stereocenters. The zero-order valence-corrected chi connectivity index (χ0v) is 9.19. The maximum absolute atomic E-state index is 13.2. The van der Waals surface area contributed by atoms with Crippen molar-refractivity contribution < 1.29 is 18.6 Å². The van der Waals surface area contributed by atoms with Gasteiger partial charge in [-0.3, -0.25) is 0 Å². The quantitative estimate of drug-likeness (QED) is 0.843. The van der Waals surface area contributed by atoms with Crippen LogP contribution in [0.5, 0.6) is 5.75 Å². The number of hydrogen-bond acceptors (Lipinski definition) is 2. The standard InChI is InChI=1S/C9H8Cl2F2O2/c1-15-8-5(7(14)9(10)11)2-4(12)3-6(8)13/h2-3,7,9,14H,1H3. The Morgan fingerprint density at radius 3 is 2.40 bits per heavy atom. The van der Waals surface area contributed by atoms with Crippen molar-refractivity contribution >= 4 is 23.2 Å². The van der Waals surface area contributed by atoms with Crippen LogP contribution in [0, 0.1) is 11.6 Å². The first-order valence-corrected chi connectivity index (χ1v) is 4.83. The van der Waals surface area contributed by atoms with E-state index in [1.54, 1.807) is 0 Å². The Labute approximate surface area is 95.4 Å². The molecular weight excluding hydrogens is 249 g/mol. The summed E-state index contributed by atoms with van der Waals surface area (Å²) in [7, 11) is 1.20. The molecule has 2 nitrogen and oxygen atoms in total. The van der Waals surface area contributed by atoms with E-state index in [0.717, 1.165) is 6.07 Å². The van der Waals surface area contributed by atoms with Gasteiger partial charge in [-0.15, -0.1) is 23.2 Å². The molecule has 1 N–H and O–H groups in total. The molecule has 0 heterocycles. The number of methoxy groups -OCH3 is 1. The van der Waals surface area contributed by atoms with E-state index in [0.29, 0.717) is 6.07 Å². The average molecular weight is 257 g/mol. The number of rotatable bonds is 3. The summed E-state index contributed by atoms with van der Waals surface area (Å²) < 4.78 is 30.7. The maximum Gasteiger partial charge on any atom is 0.168 e. The summed E-state index contributed by atoms with van der Waals surface area (Å²) in [6, 6.07) is 1.57. The average Bonchev–Trinajstić information content (AvgIpc) is 2.15. The number of benzene rings is 1. The molecule has 0 fully saturated rings. The monoisotopic (exact) mass is 256 g/mol. The summed E-state index contributed by atoms with van der Waals surface area (Å²) >= 11 is 10.8. The van der Waals surface area contributed by atoms with Crippen molar-refractivity contribution in [2.75, 3.05) is 7.11 Å². The molecule has 6 heteroatoms. The molecular formula is C9H8Cl2F2O2. The van der Waals surface area contributed by atoms with Gasteiger partial charge in [0, 0.05) is 11.6 Å². The highest BCUT2D eigenvalue weighted by molar-refractivity contribution is 6.44. The number of aliphatic hydroxyl groups excluding tert-OH is 1. The molecule has 0 bridgehead atoms. The van der Waals surface area contributed by atoms with Crippen LogP contribution >= 0.6 is 23.2 Å². The van der Waals surface area contributed by atoms with Crippen molar-refractivity contribution in [2.24, 2.45) is 0 Å². The lowest BCUT2D eigenvalue weighted by Crippen LogP contribution is -2.09. The molecule has 0 radical (unpaired) electrons. The number of ether oxygens (including phenoxy) is 1. The van der Waals surface area contributed by atoms with Crippen LogP contribution in [-0.2, 0) is 0 Å². The zero-order chi connectivity index (χ0) is 11.6. The van der Waals surface area contributed by atoms with Gasteiger partial charge in [0.25, 0.3) is 0 Å². The van der Waals surface area contributed by atoms with E-state index in [2.05, 4.69) is 4.74 Å². The summed E-state index contributed by atoms with van der Waals surface area (Å²) in [5, 5.41) is 9.48. The predicted octanol–water partition coefficient (Wildman–Crippen LogP) is 2.81. The lowest BCUT2D eigenvalue weighted by Gasteiger charge is -2.15. The van der Waals surface area contributed by atoms with Gasteiger partial charge in [-0.2, -0.15) is 0 Å². The third-order valence-corrected chi connectivity index (χ3v) is 2.28. The summed E-state index contributed by atoms with van der Waals surface area (Å²) in [4.78, 5) is -1.19. The van der Waals surface area contributed by atoms with Crippen LogP contribution in [0.15, 0.2) is 12.1 Å². The van der Waals surface area contributed by atoms with Gasteiger partial charge >= 0.3 is 0 Å². The molecule has 1 aromatic carbocycles. The smallest absolute Gasteiger partial charge is 0.168 e. The van der Waals surface area contributed by atoms with E-state index >= 15 is 0 Å². The number of alkyl halides is 2. The third-order valence-electron chi connectivity index (χ3n) is 1.80. The molecule has 0 aromatic heterocycles. The molecule has 0 saturated heterocycles. The summed E-state index contributed by atoms with van der Waals surface area (Å²) in [5.41, 5.74) is -0.120. The van der Waals surface area contributed by atoms with Gasteiger partial charge < -0.3 is 9.84 Å². The lowest BCUT2D eigenvalue weighted by atomic mass is 10.1. The van der Waals surface area contributed by atoms with Gasteiger partial charge in [0.15, 0.2) is 11.6 Å². The normalized spacial score (nSPS) is 13.0. The van der Waals surface area contributed by atoms with Gasteiger partial charge in [-0.1, -0.05) is 0 Å². The van der Waals surface area contributed by atoms with E-state index < -0.39 is 22.6 Å². The zero-order valence-electron chi connectivity index (χ0n) is 7.68. The van der Waals surface area contributed by atoms with Gasteiger partial charge in [-0.05, 0) is 6.07 Å². The highest BCUT2D eigenvalue weighted by Gasteiger charge is 2.23. The van der Waals surface area contributed by atoms with Gasteiger partial charge in [0.05, 0.1) is 7.11 Å². The highest BCUT2D eigenvalue weighted by Crippen LogP contribution is 2.33. The number of hydrogen-bond donors (Lipinski definition) is 1. The summed E-state index contributed by atoms with van der Waals surface area (Å²) in [6.45, 7) is 0. The van der Waals surface area contributed by atoms with Crippen molar-refractivity contribution in [3.8, 4) is 5.75 Å². The van der Waals surface area contributed by atoms with Crippen LogP contribution in [0.25, 0.3) is 0 Å². The Morgan fingerprint density at radius 2 is 1.93 bits per heavy atom.